The number of amides is 1. The van der Waals surface area contributed by atoms with Gasteiger partial charge < -0.3 is 10.4 Å². The van der Waals surface area contributed by atoms with Gasteiger partial charge in [0.05, 0.1) is 5.92 Å². The van der Waals surface area contributed by atoms with Crippen LogP contribution in [-0.2, 0) is 16.0 Å². The van der Waals surface area contributed by atoms with Crippen molar-refractivity contribution in [1.29, 1.82) is 0 Å². The minimum atomic E-state index is -0.904. The first-order chi connectivity index (χ1) is 11.6. The highest BCUT2D eigenvalue weighted by Gasteiger charge is 2.18. The topological polar surface area (TPSA) is 66.4 Å². The van der Waals surface area contributed by atoms with Crippen molar-refractivity contribution >= 4 is 11.9 Å². The van der Waals surface area contributed by atoms with E-state index in [9.17, 15) is 9.59 Å². The van der Waals surface area contributed by atoms with E-state index >= 15 is 0 Å². The van der Waals surface area contributed by atoms with Crippen molar-refractivity contribution in [3.8, 4) is 0 Å². The molecule has 0 aliphatic carbocycles. The van der Waals surface area contributed by atoms with Crippen LogP contribution >= 0.6 is 0 Å². The van der Waals surface area contributed by atoms with Crippen LogP contribution in [0.5, 0.6) is 0 Å². The number of hydrogen-bond donors (Lipinski definition) is 2. The van der Waals surface area contributed by atoms with Crippen LogP contribution in [-0.4, -0.2) is 23.5 Å². The van der Waals surface area contributed by atoms with E-state index in [1.807, 2.05) is 48.5 Å². The molecule has 2 aromatic rings. The summed E-state index contributed by atoms with van der Waals surface area (Å²) >= 11 is 0. The molecule has 0 aliphatic rings. The summed E-state index contributed by atoms with van der Waals surface area (Å²) in [4.78, 5) is 23.1. The van der Waals surface area contributed by atoms with E-state index in [0.29, 0.717) is 6.42 Å². The molecule has 24 heavy (non-hydrogen) atoms. The SMILES string of the molecule is CC(CNC(=O)CC(Cc1ccccc1)c1ccccc1)C(=O)O. The number of carboxylic acid groups (broad SMARTS) is 1. The maximum absolute atomic E-state index is 12.2. The second-order valence-corrected chi connectivity index (χ2v) is 6.04. The van der Waals surface area contributed by atoms with Gasteiger partial charge in [-0.05, 0) is 23.5 Å². The molecule has 0 radical (unpaired) electrons. The monoisotopic (exact) mass is 325 g/mol. The Bertz CT molecular complexity index is 655. The third-order valence-corrected chi connectivity index (χ3v) is 4.05. The van der Waals surface area contributed by atoms with E-state index in [1.165, 1.54) is 5.56 Å². The van der Waals surface area contributed by atoms with Crippen LogP contribution in [0.25, 0.3) is 0 Å². The minimum Gasteiger partial charge on any atom is -0.481 e. The Morgan fingerprint density at radius 3 is 2.17 bits per heavy atom. The van der Waals surface area contributed by atoms with Crippen molar-refractivity contribution in [2.45, 2.75) is 25.7 Å². The zero-order chi connectivity index (χ0) is 17.4. The van der Waals surface area contributed by atoms with Gasteiger partial charge in [-0.15, -0.1) is 0 Å². The van der Waals surface area contributed by atoms with Crippen molar-refractivity contribution in [2.75, 3.05) is 6.54 Å². The third-order valence-electron chi connectivity index (χ3n) is 4.05. The molecule has 4 nitrogen and oxygen atoms in total. The summed E-state index contributed by atoms with van der Waals surface area (Å²) in [5.41, 5.74) is 2.29. The van der Waals surface area contributed by atoms with E-state index in [-0.39, 0.29) is 18.4 Å². The Hall–Kier alpha value is -2.62. The molecule has 0 spiro atoms. The average molecular weight is 325 g/mol. The summed E-state index contributed by atoms with van der Waals surface area (Å²) in [6.45, 7) is 1.74. The number of aliphatic carboxylic acids is 1. The second kappa shape index (κ2) is 8.87. The Labute approximate surface area is 142 Å². The number of rotatable bonds is 8. The van der Waals surface area contributed by atoms with Gasteiger partial charge in [0.25, 0.3) is 0 Å². The number of benzene rings is 2. The molecule has 0 aliphatic heterocycles. The lowest BCUT2D eigenvalue weighted by atomic mass is 9.89. The summed E-state index contributed by atoms with van der Waals surface area (Å²) in [7, 11) is 0. The third kappa shape index (κ3) is 5.54. The van der Waals surface area contributed by atoms with Crippen molar-refractivity contribution in [2.24, 2.45) is 5.92 Å². The number of carbonyl (C=O) groups excluding carboxylic acids is 1. The molecule has 2 rings (SSSR count). The van der Waals surface area contributed by atoms with Gasteiger partial charge in [-0.1, -0.05) is 67.6 Å². The molecule has 0 aromatic heterocycles. The summed E-state index contributed by atoms with van der Waals surface area (Å²) in [5, 5.41) is 11.6. The highest BCUT2D eigenvalue weighted by Crippen LogP contribution is 2.24. The van der Waals surface area contributed by atoms with Crippen LogP contribution in [0, 0.1) is 5.92 Å². The number of nitrogens with one attached hydrogen (secondary N) is 1. The predicted octanol–water partition coefficient (Wildman–Crippen LogP) is 3.24. The second-order valence-electron chi connectivity index (χ2n) is 6.04. The molecular formula is C20H23NO3. The standard InChI is InChI=1S/C20H23NO3/c1-15(20(23)24)14-21-19(22)13-18(17-10-6-3-7-11-17)12-16-8-4-2-5-9-16/h2-11,15,18H,12-14H2,1H3,(H,21,22)(H,23,24). The van der Waals surface area contributed by atoms with Gasteiger partial charge in [0.2, 0.25) is 5.91 Å². The first-order valence-corrected chi connectivity index (χ1v) is 8.14. The summed E-state index contributed by atoms with van der Waals surface area (Å²) in [5.74, 6) is -1.54. The highest BCUT2D eigenvalue weighted by atomic mass is 16.4. The Balaban J connectivity index is 2.03. The van der Waals surface area contributed by atoms with Crippen LogP contribution in [0.4, 0.5) is 0 Å². The molecule has 0 heterocycles. The van der Waals surface area contributed by atoms with Gasteiger partial charge in [-0.25, -0.2) is 0 Å². The fraction of sp³-hybridized carbons (Fsp3) is 0.300. The molecule has 2 atom stereocenters. The quantitative estimate of drug-likeness (QED) is 0.783. The number of carboxylic acids is 1. The van der Waals surface area contributed by atoms with Gasteiger partial charge in [-0.3, -0.25) is 9.59 Å². The van der Waals surface area contributed by atoms with Crippen molar-refractivity contribution in [3.63, 3.8) is 0 Å². The maximum Gasteiger partial charge on any atom is 0.308 e. The molecule has 0 saturated carbocycles. The van der Waals surface area contributed by atoms with Crippen molar-refractivity contribution < 1.29 is 14.7 Å². The van der Waals surface area contributed by atoms with Gasteiger partial charge >= 0.3 is 5.97 Å². The van der Waals surface area contributed by atoms with Crippen LogP contribution < -0.4 is 5.32 Å². The van der Waals surface area contributed by atoms with Gasteiger partial charge in [-0.2, -0.15) is 0 Å². The van der Waals surface area contributed by atoms with E-state index in [4.69, 9.17) is 5.11 Å². The predicted molar refractivity (Wildman–Crippen MR) is 93.8 cm³/mol. The fourth-order valence-corrected chi connectivity index (χ4v) is 2.58. The van der Waals surface area contributed by atoms with Gasteiger partial charge in [0.15, 0.2) is 0 Å². The smallest absolute Gasteiger partial charge is 0.308 e. The lowest BCUT2D eigenvalue weighted by Gasteiger charge is -2.18. The normalized spacial score (nSPS) is 13.0. The van der Waals surface area contributed by atoms with Gasteiger partial charge in [0, 0.05) is 13.0 Å². The Morgan fingerprint density at radius 1 is 1.00 bits per heavy atom. The van der Waals surface area contributed by atoms with Crippen LogP contribution in [0.3, 0.4) is 0 Å². The highest BCUT2D eigenvalue weighted by molar-refractivity contribution is 5.78. The van der Waals surface area contributed by atoms with Crippen LogP contribution in [0.1, 0.15) is 30.4 Å². The van der Waals surface area contributed by atoms with Crippen molar-refractivity contribution in [1.82, 2.24) is 5.32 Å². The summed E-state index contributed by atoms with van der Waals surface area (Å²) in [6.07, 6.45) is 1.11. The lowest BCUT2D eigenvalue weighted by Crippen LogP contribution is -2.32. The maximum atomic E-state index is 12.2. The molecule has 1 amide bonds. The Morgan fingerprint density at radius 2 is 1.58 bits per heavy atom. The zero-order valence-electron chi connectivity index (χ0n) is 13.8. The van der Waals surface area contributed by atoms with E-state index in [2.05, 4.69) is 17.4 Å². The van der Waals surface area contributed by atoms with Crippen molar-refractivity contribution in [3.05, 3.63) is 71.8 Å². The zero-order valence-corrected chi connectivity index (χ0v) is 13.8. The largest absolute Gasteiger partial charge is 0.481 e. The molecule has 2 N–H and O–H groups in total. The van der Waals surface area contributed by atoms with E-state index in [1.54, 1.807) is 6.92 Å². The minimum absolute atomic E-state index is 0.0636. The van der Waals surface area contributed by atoms with Crippen LogP contribution in [0.15, 0.2) is 60.7 Å². The average Bonchev–Trinajstić information content (AvgIpc) is 2.60. The van der Waals surface area contributed by atoms with E-state index < -0.39 is 11.9 Å². The molecule has 0 saturated heterocycles. The number of carbonyl (C=O) groups is 2. The molecule has 2 unspecified atom stereocenters. The molecule has 0 bridgehead atoms. The Kier molecular flexibility index (Phi) is 6.55. The fourth-order valence-electron chi connectivity index (χ4n) is 2.58. The molecule has 2 aromatic carbocycles. The summed E-state index contributed by atoms with van der Waals surface area (Å²) < 4.78 is 0. The molecular weight excluding hydrogens is 302 g/mol. The van der Waals surface area contributed by atoms with Crippen LogP contribution in [0.2, 0.25) is 0 Å². The van der Waals surface area contributed by atoms with E-state index in [0.717, 1.165) is 12.0 Å². The summed E-state index contributed by atoms with van der Waals surface area (Å²) in [6, 6.07) is 20.0. The number of hydrogen-bond acceptors (Lipinski definition) is 2. The molecule has 4 heteroatoms. The van der Waals surface area contributed by atoms with Gasteiger partial charge in [0.1, 0.15) is 0 Å². The molecule has 0 fully saturated rings. The first-order valence-electron chi connectivity index (χ1n) is 8.14. The first kappa shape index (κ1) is 17.7. The molecule has 126 valence electrons. The lowest BCUT2D eigenvalue weighted by molar-refractivity contribution is -0.141.